The molecular weight excluding hydrogens is 206 g/mol. The van der Waals surface area contributed by atoms with Crippen LogP contribution in [0.3, 0.4) is 0 Å². The number of aryl methyl sites for hydroxylation is 2. The smallest absolute Gasteiger partial charge is 0.0900 e. The lowest BCUT2D eigenvalue weighted by Gasteiger charge is -2.20. The number of aliphatic hydroxyl groups excluding tert-OH is 1. The van der Waals surface area contributed by atoms with Crippen molar-refractivity contribution < 1.29 is 9.84 Å². The second kappa shape index (κ2) is 5.98. The summed E-state index contributed by atoms with van der Waals surface area (Å²) in [7, 11) is 3.57. The second-order valence-electron chi connectivity index (χ2n) is 4.22. The second-order valence-corrected chi connectivity index (χ2v) is 4.22. The van der Waals surface area contributed by atoms with Gasteiger partial charge in [0.15, 0.2) is 0 Å². The monoisotopic (exact) mass is 227 g/mol. The largest absolute Gasteiger partial charge is 0.389 e. The van der Waals surface area contributed by atoms with Crippen LogP contribution in [-0.2, 0) is 11.3 Å². The molecule has 0 amide bonds. The van der Waals surface area contributed by atoms with Crippen LogP contribution < -0.4 is 0 Å². The lowest BCUT2D eigenvalue weighted by Crippen LogP contribution is -2.31. The minimum Gasteiger partial charge on any atom is -0.389 e. The molecule has 0 aliphatic heterocycles. The molecule has 0 aromatic carbocycles. The number of aromatic amines is 1. The zero-order chi connectivity index (χ0) is 12.1. The summed E-state index contributed by atoms with van der Waals surface area (Å²) in [6.45, 7) is 5.74. The van der Waals surface area contributed by atoms with Gasteiger partial charge in [0.25, 0.3) is 0 Å². The molecule has 0 aliphatic carbocycles. The molecule has 1 aromatic heterocycles. The quantitative estimate of drug-likeness (QED) is 0.741. The standard InChI is InChI=1S/C11H21N3O2/c1-8-11(9(2)13-12-8)6-14(3)5-10(15)7-16-4/h10,15H,5-7H2,1-4H3,(H,12,13). The zero-order valence-corrected chi connectivity index (χ0v) is 10.4. The SMILES string of the molecule is COCC(O)CN(C)Cc1c(C)n[nH]c1C. The van der Waals surface area contributed by atoms with Crippen LogP contribution in [0.1, 0.15) is 17.0 Å². The Kier molecular flexibility index (Phi) is 4.92. The van der Waals surface area contributed by atoms with Crippen molar-refractivity contribution in [1.29, 1.82) is 0 Å². The highest BCUT2D eigenvalue weighted by atomic mass is 16.5. The molecule has 1 heterocycles. The van der Waals surface area contributed by atoms with E-state index in [1.807, 2.05) is 20.9 Å². The Balaban J connectivity index is 2.48. The molecule has 0 bridgehead atoms. The fraction of sp³-hybridized carbons (Fsp3) is 0.727. The van der Waals surface area contributed by atoms with Crippen molar-refractivity contribution in [3.8, 4) is 0 Å². The van der Waals surface area contributed by atoms with Crippen molar-refractivity contribution in [1.82, 2.24) is 15.1 Å². The van der Waals surface area contributed by atoms with Crippen LogP contribution in [0.25, 0.3) is 0 Å². The molecule has 5 heteroatoms. The van der Waals surface area contributed by atoms with Crippen molar-refractivity contribution in [3.05, 3.63) is 17.0 Å². The van der Waals surface area contributed by atoms with Gasteiger partial charge >= 0.3 is 0 Å². The fourth-order valence-corrected chi connectivity index (χ4v) is 1.75. The molecule has 0 radical (unpaired) electrons. The lowest BCUT2D eigenvalue weighted by atomic mass is 10.2. The zero-order valence-electron chi connectivity index (χ0n) is 10.4. The number of methoxy groups -OCH3 is 1. The van der Waals surface area contributed by atoms with Crippen LogP contribution in [0.15, 0.2) is 0 Å². The number of rotatable bonds is 6. The third-order valence-electron chi connectivity index (χ3n) is 2.59. The number of H-pyrrole nitrogens is 1. The third kappa shape index (κ3) is 3.59. The Bertz CT molecular complexity index is 306. The van der Waals surface area contributed by atoms with Crippen LogP contribution >= 0.6 is 0 Å². The summed E-state index contributed by atoms with van der Waals surface area (Å²) in [5, 5.41) is 16.7. The molecule has 5 nitrogen and oxygen atoms in total. The first-order valence-corrected chi connectivity index (χ1v) is 5.40. The van der Waals surface area contributed by atoms with Gasteiger partial charge in [-0.15, -0.1) is 0 Å². The van der Waals surface area contributed by atoms with E-state index >= 15 is 0 Å². The van der Waals surface area contributed by atoms with Gasteiger partial charge in [-0.3, -0.25) is 10.00 Å². The molecule has 1 rings (SSSR count). The number of nitrogens with one attached hydrogen (secondary N) is 1. The summed E-state index contributed by atoms with van der Waals surface area (Å²) in [6, 6.07) is 0. The van der Waals surface area contributed by atoms with E-state index in [9.17, 15) is 5.11 Å². The Labute approximate surface area is 96.4 Å². The molecule has 0 spiro atoms. The number of likely N-dealkylation sites (N-methyl/N-ethyl adjacent to an activating group) is 1. The van der Waals surface area contributed by atoms with Gasteiger partial charge in [0.1, 0.15) is 0 Å². The Morgan fingerprint density at radius 1 is 1.50 bits per heavy atom. The number of hydrogen-bond donors (Lipinski definition) is 2. The molecule has 0 saturated carbocycles. The first-order valence-electron chi connectivity index (χ1n) is 5.40. The van der Waals surface area contributed by atoms with E-state index in [1.165, 1.54) is 5.56 Å². The predicted molar refractivity (Wildman–Crippen MR) is 62.3 cm³/mol. The molecule has 2 N–H and O–H groups in total. The molecular formula is C11H21N3O2. The van der Waals surface area contributed by atoms with E-state index in [-0.39, 0.29) is 0 Å². The maximum Gasteiger partial charge on any atom is 0.0900 e. The van der Waals surface area contributed by atoms with Gasteiger partial charge in [0, 0.05) is 31.5 Å². The van der Waals surface area contributed by atoms with E-state index in [0.717, 1.165) is 17.9 Å². The number of aromatic nitrogens is 2. The topological polar surface area (TPSA) is 61.4 Å². The van der Waals surface area contributed by atoms with Crippen LogP contribution in [0, 0.1) is 13.8 Å². The molecule has 92 valence electrons. The van der Waals surface area contributed by atoms with E-state index in [2.05, 4.69) is 15.1 Å². The fourth-order valence-electron chi connectivity index (χ4n) is 1.75. The molecule has 0 saturated heterocycles. The van der Waals surface area contributed by atoms with Crippen molar-refractivity contribution in [2.24, 2.45) is 0 Å². The van der Waals surface area contributed by atoms with E-state index in [0.29, 0.717) is 13.2 Å². The predicted octanol–water partition coefficient (Wildman–Crippen LogP) is 0.466. The average Bonchev–Trinajstić information content (AvgIpc) is 2.49. The van der Waals surface area contributed by atoms with Crippen LogP contribution in [0.5, 0.6) is 0 Å². The van der Waals surface area contributed by atoms with Gasteiger partial charge in [-0.1, -0.05) is 0 Å². The maximum absolute atomic E-state index is 9.60. The van der Waals surface area contributed by atoms with Gasteiger partial charge < -0.3 is 9.84 Å². The Hall–Kier alpha value is -0.910. The summed E-state index contributed by atoms with van der Waals surface area (Å²) >= 11 is 0. The highest BCUT2D eigenvalue weighted by Crippen LogP contribution is 2.11. The van der Waals surface area contributed by atoms with Crippen LogP contribution in [0.2, 0.25) is 0 Å². The number of nitrogens with zero attached hydrogens (tertiary/aromatic N) is 2. The third-order valence-corrected chi connectivity index (χ3v) is 2.59. The van der Waals surface area contributed by atoms with Gasteiger partial charge in [-0.25, -0.2) is 0 Å². The molecule has 0 aliphatic rings. The highest BCUT2D eigenvalue weighted by molar-refractivity contribution is 5.22. The van der Waals surface area contributed by atoms with Gasteiger partial charge in [-0.2, -0.15) is 5.10 Å². The molecule has 16 heavy (non-hydrogen) atoms. The summed E-state index contributed by atoms with van der Waals surface area (Å²) in [4.78, 5) is 2.06. The average molecular weight is 227 g/mol. The van der Waals surface area contributed by atoms with Crippen LogP contribution in [0.4, 0.5) is 0 Å². The Morgan fingerprint density at radius 3 is 2.69 bits per heavy atom. The summed E-state index contributed by atoms with van der Waals surface area (Å²) in [5.74, 6) is 0. The van der Waals surface area contributed by atoms with Gasteiger partial charge in [0.2, 0.25) is 0 Å². The van der Waals surface area contributed by atoms with Gasteiger partial charge in [-0.05, 0) is 20.9 Å². The van der Waals surface area contributed by atoms with E-state index in [4.69, 9.17) is 4.74 Å². The van der Waals surface area contributed by atoms with Crippen molar-refractivity contribution in [2.75, 3.05) is 27.3 Å². The summed E-state index contributed by atoms with van der Waals surface area (Å²) in [5.41, 5.74) is 3.31. The van der Waals surface area contributed by atoms with Gasteiger partial charge in [0.05, 0.1) is 18.4 Å². The van der Waals surface area contributed by atoms with E-state index in [1.54, 1.807) is 7.11 Å². The Morgan fingerprint density at radius 2 is 2.19 bits per heavy atom. The minimum absolute atomic E-state index is 0.369. The molecule has 1 unspecified atom stereocenters. The summed E-state index contributed by atoms with van der Waals surface area (Å²) < 4.78 is 4.89. The van der Waals surface area contributed by atoms with E-state index < -0.39 is 6.10 Å². The lowest BCUT2D eigenvalue weighted by molar-refractivity contribution is 0.0418. The van der Waals surface area contributed by atoms with Crippen molar-refractivity contribution in [2.45, 2.75) is 26.5 Å². The number of aliphatic hydroxyl groups is 1. The minimum atomic E-state index is -0.442. The number of hydrogen-bond acceptors (Lipinski definition) is 4. The summed E-state index contributed by atoms with van der Waals surface area (Å²) in [6.07, 6.45) is -0.442. The number of ether oxygens (including phenoxy) is 1. The molecule has 1 aromatic rings. The molecule has 1 atom stereocenters. The normalized spacial score (nSPS) is 13.4. The first-order chi connectivity index (χ1) is 7.54. The first kappa shape index (κ1) is 13.2. The van der Waals surface area contributed by atoms with Crippen molar-refractivity contribution in [3.63, 3.8) is 0 Å². The van der Waals surface area contributed by atoms with Crippen LogP contribution in [-0.4, -0.2) is 53.6 Å². The maximum atomic E-state index is 9.60. The molecule has 0 fully saturated rings. The highest BCUT2D eigenvalue weighted by Gasteiger charge is 2.12. The van der Waals surface area contributed by atoms with Crippen molar-refractivity contribution >= 4 is 0 Å².